The van der Waals surface area contributed by atoms with Gasteiger partial charge in [-0.1, -0.05) is 13.8 Å². The molecule has 0 aliphatic rings. The van der Waals surface area contributed by atoms with Crippen LogP contribution in [0.2, 0.25) is 0 Å². The van der Waals surface area contributed by atoms with Gasteiger partial charge in [0.1, 0.15) is 11.6 Å². The molecule has 2 aromatic rings. The normalized spacial score (nSPS) is 11.5. The minimum atomic E-state index is 0.245. The first-order valence-corrected chi connectivity index (χ1v) is 5.26. The van der Waals surface area contributed by atoms with Crippen molar-refractivity contribution in [1.29, 1.82) is 0 Å². The van der Waals surface area contributed by atoms with E-state index < -0.39 is 0 Å². The molecule has 2 N–H and O–H groups in total. The molecule has 4 nitrogen and oxygen atoms in total. The van der Waals surface area contributed by atoms with Crippen LogP contribution in [-0.4, -0.2) is 19.9 Å². The smallest absolute Gasteiger partial charge is 0.116 e. The van der Waals surface area contributed by atoms with Gasteiger partial charge < -0.3 is 9.97 Å². The first kappa shape index (κ1) is 9.96. The van der Waals surface area contributed by atoms with E-state index in [1.807, 2.05) is 12.4 Å². The Balaban J connectivity index is 2.25. The molecule has 0 atom stereocenters. The largest absolute Gasteiger partial charge is 0.348 e. The summed E-state index contributed by atoms with van der Waals surface area (Å²) < 4.78 is 0. The zero-order valence-electron chi connectivity index (χ0n) is 9.07. The van der Waals surface area contributed by atoms with Crippen molar-refractivity contribution in [2.75, 3.05) is 0 Å². The summed E-state index contributed by atoms with van der Waals surface area (Å²) in [5.41, 5.74) is 0. The van der Waals surface area contributed by atoms with E-state index in [0.717, 1.165) is 18.1 Å². The zero-order valence-corrected chi connectivity index (χ0v) is 9.07. The Morgan fingerprint density at radius 1 is 1.07 bits per heavy atom. The van der Waals surface area contributed by atoms with Crippen LogP contribution in [0.3, 0.4) is 0 Å². The predicted octanol–water partition coefficient (Wildman–Crippen LogP) is 2.31. The SMILES string of the molecule is CC(C)CC(c1ncc[nH]1)c1ncc[nH]1. The fraction of sp³-hybridized carbons (Fsp3) is 0.455. The van der Waals surface area contributed by atoms with Gasteiger partial charge in [-0.25, -0.2) is 9.97 Å². The second-order valence-corrected chi connectivity index (χ2v) is 4.13. The number of aromatic nitrogens is 4. The van der Waals surface area contributed by atoms with Crippen LogP contribution in [0, 0.1) is 5.92 Å². The van der Waals surface area contributed by atoms with E-state index >= 15 is 0 Å². The lowest BCUT2D eigenvalue weighted by molar-refractivity contribution is 0.515. The van der Waals surface area contributed by atoms with Crippen molar-refractivity contribution in [2.45, 2.75) is 26.2 Å². The van der Waals surface area contributed by atoms with Crippen LogP contribution in [0.1, 0.15) is 37.8 Å². The molecule has 0 radical (unpaired) electrons. The molecule has 0 unspecified atom stereocenters. The average molecular weight is 204 g/mol. The molecular weight excluding hydrogens is 188 g/mol. The lowest BCUT2D eigenvalue weighted by atomic mass is 9.96. The Labute approximate surface area is 89.2 Å². The first-order valence-electron chi connectivity index (χ1n) is 5.26. The lowest BCUT2D eigenvalue weighted by Gasteiger charge is -2.14. The van der Waals surface area contributed by atoms with Crippen molar-refractivity contribution in [2.24, 2.45) is 5.92 Å². The van der Waals surface area contributed by atoms with Gasteiger partial charge in [0.05, 0.1) is 5.92 Å². The number of rotatable bonds is 4. The molecule has 0 fully saturated rings. The summed E-state index contributed by atoms with van der Waals surface area (Å²) in [5.74, 6) is 2.83. The monoisotopic (exact) mass is 204 g/mol. The third kappa shape index (κ3) is 2.26. The number of hydrogen-bond acceptors (Lipinski definition) is 2. The van der Waals surface area contributed by atoms with Gasteiger partial charge in [-0.05, 0) is 12.3 Å². The summed E-state index contributed by atoms with van der Waals surface area (Å²) in [4.78, 5) is 14.9. The van der Waals surface area contributed by atoms with E-state index in [1.54, 1.807) is 12.4 Å². The molecule has 0 aliphatic carbocycles. The first-order chi connectivity index (χ1) is 7.27. The number of imidazole rings is 2. The van der Waals surface area contributed by atoms with Crippen molar-refractivity contribution < 1.29 is 0 Å². The van der Waals surface area contributed by atoms with Gasteiger partial charge >= 0.3 is 0 Å². The van der Waals surface area contributed by atoms with Gasteiger partial charge in [-0.3, -0.25) is 0 Å². The van der Waals surface area contributed by atoms with Crippen molar-refractivity contribution in [3.8, 4) is 0 Å². The molecule has 2 rings (SSSR count). The van der Waals surface area contributed by atoms with E-state index in [0.29, 0.717) is 5.92 Å². The van der Waals surface area contributed by atoms with E-state index in [4.69, 9.17) is 0 Å². The molecule has 0 spiro atoms. The van der Waals surface area contributed by atoms with Crippen molar-refractivity contribution in [3.05, 3.63) is 36.4 Å². The maximum Gasteiger partial charge on any atom is 0.116 e. The molecule has 15 heavy (non-hydrogen) atoms. The molecule has 0 aromatic carbocycles. The van der Waals surface area contributed by atoms with Crippen molar-refractivity contribution >= 4 is 0 Å². The van der Waals surface area contributed by atoms with Gasteiger partial charge in [0.2, 0.25) is 0 Å². The van der Waals surface area contributed by atoms with Gasteiger partial charge in [0.25, 0.3) is 0 Å². The number of nitrogens with one attached hydrogen (secondary N) is 2. The van der Waals surface area contributed by atoms with Crippen LogP contribution >= 0.6 is 0 Å². The average Bonchev–Trinajstić information content (AvgIpc) is 2.87. The molecule has 0 saturated heterocycles. The summed E-state index contributed by atoms with van der Waals surface area (Å²) in [5, 5.41) is 0. The minimum Gasteiger partial charge on any atom is -0.348 e. The topological polar surface area (TPSA) is 57.4 Å². The lowest BCUT2D eigenvalue weighted by Crippen LogP contribution is -2.08. The van der Waals surface area contributed by atoms with Crippen LogP contribution in [-0.2, 0) is 0 Å². The van der Waals surface area contributed by atoms with E-state index in [-0.39, 0.29) is 5.92 Å². The summed E-state index contributed by atoms with van der Waals surface area (Å²) in [6, 6.07) is 0. The summed E-state index contributed by atoms with van der Waals surface area (Å²) >= 11 is 0. The number of aromatic amines is 2. The maximum atomic E-state index is 4.31. The Morgan fingerprint density at radius 2 is 1.60 bits per heavy atom. The fourth-order valence-electron chi connectivity index (χ4n) is 1.76. The molecule has 0 amide bonds. The third-order valence-electron chi connectivity index (χ3n) is 2.41. The van der Waals surface area contributed by atoms with Crippen molar-refractivity contribution in [3.63, 3.8) is 0 Å². The molecule has 0 saturated carbocycles. The maximum absolute atomic E-state index is 4.31. The van der Waals surface area contributed by atoms with E-state index in [9.17, 15) is 0 Å². The Morgan fingerprint density at radius 3 is 1.93 bits per heavy atom. The molecule has 4 heteroatoms. The van der Waals surface area contributed by atoms with Crippen molar-refractivity contribution in [1.82, 2.24) is 19.9 Å². The summed E-state index contributed by atoms with van der Waals surface area (Å²) in [6.07, 6.45) is 8.31. The summed E-state index contributed by atoms with van der Waals surface area (Å²) in [6.45, 7) is 4.41. The van der Waals surface area contributed by atoms with Gasteiger partial charge in [-0.15, -0.1) is 0 Å². The van der Waals surface area contributed by atoms with Crippen LogP contribution in [0.4, 0.5) is 0 Å². The quantitative estimate of drug-likeness (QED) is 0.803. The molecule has 80 valence electrons. The highest BCUT2D eigenvalue weighted by molar-refractivity contribution is 5.11. The zero-order chi connectivity index (χ0) is 10.7. The fourth-order valence-corrected chi connectivity index (χ4v) is 1.76. The Kier molecular flexibility index (Phi) is 2.85. The standard InChI is InChI=1S/C11H16N4/c1-8(2)7-9(10-12-3-4-13-10)11-14-5-6-15-11/h3-6,8-9H,7H2,1-2H3,(H,12,13)(H,14,15). The minimum absolute atomic E-state index is 0.245. The van der Waals surface area contributed by atoms with Gasteiger partial charge in [0.15, 0.2) is 0 Å². The van der Waals surface area contributed by atoms with E-state index in [2.05, 4.69) is 33.8 Å². The second-order valence-electron chi connectivity index (χ2n) is 4.13. The summed E-state index contributed by atoms with van der Waals surface area (Å²) in [7, 11) is 0. The van der Waals surface area contributed by atoms with Gasteiger partial charge in [0, 0.05) is 24.8 Å². The highest BCUT2D eigenvalue weighted by Crippen LogP contribution is 2.25. The Hall–Kier alpha value is -1.58. The molecule has 2 heterocycles. The molecular formula is C11H16N4. The molecule has 2 aromatic heterocycles. The highest BCUT2D eigenvalue weighted by atomic mass is 15.0. The molecule has 0 aliphatic heterocycles. The van der Waals surface area contributed by atoms with Crippen LogP contribution < -0.4 is 0 Å². The van der Waals surface area contributed by atoms with E-state index in [1.165, 1.54) is 0 Å². The Bertz CT molecular complexity index is 340. The highest BCUT2D eigenvalue weighted by Gasteiger charge is 2.19. The third-order valence-corrected chi connectivity index (χ3v) is 2.41. The number of H-pyrrole nitrogens is 2. The van der Waals surface area contributed by atoms with Crippen LogP contribution in [0.5, 0.6) is 0 Å². The van der Waals surface area contributed by atoms with Gasteiger partial charge in [-0.2, -0.15) is 0 Å². The second kappa shape index (κ2) is 4.29. The molecule has 0 bridgehead atoms. The number of nitrogens with zero attached hydrogens (tertiary/aromatic N) is 2. The number of hydrogen-bond donors (Lipinski definition) is 2. The predicted molar refractivity (Wildman–Crippen MR) is 58.5 cm³/mol. The van der Waals surface area contributed by atoms with Crippen LogP contribution in [0.25, 0.3) is 0 Å². The van der Waals surface area contributed by atoms with Crippen LogP contribution in [0.15, 0.2) is 24.8 Å².